The summed E-state index contributed by atoms with van der Waals surface area (Å²) >= 11 is 0. The Bertz CT molecular complexity index is 532. The first-order valence-corrected chi connectivity index (χ1v) is 8.87. The molecule has 1 N–H and O–H groups in total. The van der Waals surface area contributed by atoms with Crippen LogP contribution < -0.4 is 5.32 Å². The highest BCUT2D eigenvalue weighted by atomic mass is 16.2. The van der Waals surface area contributed by atoms with Gasteiger partial charge in [-0.3, -0.25) is 9.59 Å². The maximum absolute atomic E-state index is 12.8. The molecule has 23 heavy (non-hydrogen) atoms. The number of carbonyl (C=O) groups excluding carboxylic acids is 2. The third-order valence-electron chi connectivity index (χ3n) is 5.04. The second kappa shape index (κ2) is 7.62. The lowest BCUT2D eigenvalue weighted by atomic mass is 10.0. The zero-order chi connectivity index (χ0) is 16.1. The fourth-order valence-electron chi connectivity index (χ4n) is 3.69. The molecule has 3 rings (SSSR count). The first-order valence-electron chi connectivity index (χ1n) is 8.87. The zero-order valence-electron chi connectivity index (χ0n) is 13.7. The van der Waals surface area contributed by atoms with Gasteiger partial charge in [-0.2, -0.15) is 0 Å². The van der Waals surface area contributed by atoms with Gasteiger partial charge in [0.1, 0.15) is 6.04 Å². The number of hydrogen-bond acceptors (Lipinski definition) is 2. The SMILES string of the molecule is O=C(NC(Cc1ccccc1)C(=O)N1CCCC1)C1CCCC1. The van der Waals surface area contributed by atoms with Crippen LogP contribution in [0.25, 0.3) is 0 Å². The van der Waals surface area contributed by atoms with E-state index in [9.17, 15) is 9.59 Å². The van der Waals surface area contributed by atoms with Gasteiger partial charge in [0.25, 0.3) is 0 Å². The van der Waals surface area contributed by atoms with Crippen molar-refractivity contribution < 1.29 is 9.59 Å². The van der Waals surface area contributed by atoms with Crippen LogP contribution in [0.3, 0.4) is 0 Å². The number of likely N-dealkylation sites (tertiary alicyclic amines) is 1. The van der Waals surface area contributed by atoms with Crippen LogP contribution in [0.2, 0.25) is 0 Å². The summed E-state index contributed by atoms with van der Waals surface area (Å²) in [6.45, 7) is 1.65. The lowest BCUT2D eigenvalue weighted by molar-refractivity contribution is -0.136. The van der Waals surface area contributed by atoms with E-state index in [1.54, 1.807) is 0 Å². The van der Waals surface area contributed by atoms with Gasteiger partial charge < -0.3 is 10.2 Å². The summed E-state index contributed by atoms with van der Waals surface area (Å²) in [5.41, 5.74) is 1.09. The maximum atomic E-state index is 12.8. The quantitative estimate of drug-likeness (QED) is 0.908. The number of hydrogen-bond donors (Lipinski definition) is 1. The second-order valence-electron chi connectivity index (χ2n) is 6.76. The van der Waals surface area contributed by atoms with Crippen molar-refractivity contribution in [2.75, 3.05) is 13.1 Å². The van der Waals surface area contributed by atoms with Crippen LogP contribution >= 0.6 is 0 Å². The molecule has 1 aromatic rings. The highest BCUT2D eigenvalue weighted by molar-refractivity contribution is 5.89. The fraction of sp³-hybridized carbons (Fsp3) is 0.579. The molecular formula is C19H26N2O2. The van der Waals surface area contributed by atoms with E-state index in [0.717, 1.165) is 57.2 Å². The van der Waals surface area contributed by atoms with E-state index in [-0.39, 0.29) is 17.7 Å². The number of rotatable bonds is 5. The number of nitrogens with one attached hydrogen (secondary N) is 1. The molecule has 0 radical (unpaired) electrons. The number of amides is 2. The smallest absolute Gasteiger partial charge is 0.245 e. The maximum Gasteiger partial charge on any atom is 0.245 e. The Balaban J connectivity index is 1.69. The standard InChI is InChI=1S/C19H26N2O2/c22-18(16-10-4-5-11-16)20-17(14-15-8-2-1-3-9-15)19(23)21-12-6-7-13-21/h1-3,8-9,16-17H,4-7,10-14H2,(H,20,22). The molecule has 124 valence electrons. The fourth-order valence-corrected chi connectivity index (χ4v) is 3.69. The molecule has 0 spiro atoms. The van der Waals surface area contributed by atoms with Crippen molar-refractivity contribution in [3.05, 3.63) is 35.9 Å². The summed E-state index contributed by atoms with van der Waals surface area (Å²) in [5.74, 6) is 0.244. The summed E-state index contributed by atoms with van der Waals surface area (Å²) < 4.78 is 0. The predicted molar refractivity (Wildman–Crippen MR) is 89.8 cm³/mol. The zero-order valence-corrected chi connectivity index (χ0v) is 13.7. The first kappa shape index (κ1) is 16.0. The van der Waals surface area contributed by atoms with E-state index in [2.05, 4.69) is 5.32 Å². The van der Waals surface area contributed by atoms with Crippen LogP contribution in [0.15, 0.2) is 30.3 Å². The normalized spacial score (nSPS) is 19.7. The molecule has 2 fully saturated rings. The average Bonchev–Trinajstić information content (AvgIpc) is 3.27. The Morgan fingerprint density at radius 3 is 2.35 bits per heavy atom. The lowest BCUT2D eigenvalue weighted by Gasteiger charge is -2.25. The van der Waals surface area contributed by atoms with Crippen molar-refractivity contribution in [2.24, 2.45) is 5.92 Å². The van der Waals surface area contributed by atoms with Gasteiger partial charge in [0.15, 0.2) is 0 Å². The Kier molecular flexibility index (Phi) is 5.31. The minimum Gasteiger partial charge on any atom is -0.344 e. The highest BCUT2D eigenvalue weighted by Gasteiger charge is 2.31. The van der Waals surface area contributed by atoms with Crippen molar-refractivity contribution in [3.8, 4) is 0 Å². The van der Waals surface area contributed by atoms with E-state index in [0.29, 0.717) is 6.42 Å². The molecule has 1 heterocycles. The highest BCUT2D eigenvalue weighted by Crippen LogP contribution is 2.25. The Hall–Kier alpha value is -1.84. The van der Waals surface area contributed by atoms with Gasteiger partial charge in [-0.15, -0.1) is 0 Å². The minimum absolute atomic E-state index is 0.0657. The van der Waals surface area contributed by atoms with E-state index in [1.165, 1.54) is 0 Å². The van der Waals surface area contributed by atoms with E-state index in [4.69, 9.17) is 0 Å². The van der Waals surface area contributed by atoms with Crippen molar-refractivity contribution in [1.82, 2.24) is 10.2 Å². The lowest BCUT2D eigenvalue weighted by Crippen LogP contribution is -2.50. The van der Waals surface area contributed by atoms with Gasteiger partial charge in [0, 0.05) is 25.4 Å². The summed E-state index contributed by atoms with van der Waals surface area (Å²) in [6.07, 6.45) is 6.89. The van der Waals surface area contributed by atoms with Crippen LogP contribution in [-0.4, -0.2) is 35.8 Å². The Labute approximate surface area is 138 Å². The summed E-state index contributed by atoms with van der Waals surface area (Å²) in [7, 11) is 0. The molecule has 1 unspecified atom stereocenters. The Morgan fingerprint density at radius 1 is 1.04 bits per heavy atom. The molecule has 1 aliphatic carbocycles. The molecule has 1 aromatic carbocycles. The molecule has 4 heteroatoms. The van der Waals surface area contributed by atoms with Crippen molar-refractivity contribution in [3.63, 3.8) is 0 Å². The average molecular weight is 314 g/mol. The molecule has 0 aromatic heterocycles. The van der Waals surface area contributed by atoms with Crippen molar-refractivity contribution in [1.29, 1.82) is 0 Å². The van der Waals surface area contributed by atoms with Crippen LogP contribution in [0.5, 0.6) is 0 Å². The summed E-state index contributed by atoms with van der Waals surface area (Å²) in [6, 6.07) is 9.54. The topological polar surface area (TPSA) is 49.4 Å². The molecule has 2 amide bonds. The monoisotopic (exact) mass is 314 g/mol. The van der Waals surface area contributed by atoms with Crippen LogP contribution in [0.4, 0.5) is 0 Å². The molecule has 1 saturated carbocycles. The first-order chi connectivity index (χ1) is 11.2. The molecule has 1 atom stereocenters. The van der Waals surface area contributed by atoms with Crippen LogP contribution in [0.1, 0.15) is 44.1 Å². The third kappa shape index (κ3) is 4.12. The number of benzene rings is 1. The van der Waals surface area contributed by atoms with E-state index >= 15 is 0 Å². The van der Waals surface area contributed by atoms with Crippen LogP contribution in [0, 0.1) is 5.92 Å². The van der Waals surface area contributed by atoms with Crippen molar-refractivity contribution in [2.45, 2.75) is 51.0 Å². The predicted octanol–water partition coefficient (Wildman–Crippen LogP) is 2.53. The molecule has 0 bridgehead atoms. The van der Waals surface area contributed by atoms with Crippen molar-refractivity contribution >= 4 is 11.8 Å². The molecule has 1 aliphatic heterocycles. The van der Waals surface area contributed by atoms with E-state index < -0.39 is 6.04 Å². The number of nitrogens with zero attached hydrogens (tertiary/aromatic N) is 1. The third-order valence-corrected chi connectivity index (χ3v) is 5.04. The van der Waals surface area contributed by atoms with Gasteiger partial charge >= 0.3 is 0 Å². The largest absolute Gasteiger partial charge is 0.344 e. The molecule has 1 saturated heterocycles. The van der Waals surface area contributed by atoms with Gasteiger partial charge in [0.2, 0.25) is 11.8 Å². The van der Waals surface area contributed by atoms with Gasteiger partial charge in [-0.05, 0) is 31.2 Å². The second-order valence-corrected chi connectivity index (χ2v) is 6.76. The number of carbonyl (C=O) groups is 2. The minimum atomic E-state index is -0.427. The Morgan fingerprint density at radius 2 is 1.70 bits per heavy atom. The summed E-state index contributed by atoms with van der Waals surface area (Å²) in [4.78, 5) is 27.2. The van der Waals surface area contributed by atoms with Gasteiger partial charge in [0.05, 0.1) is 0 Å². The van der Waals surface area contributed by atoms with Gasteiger partial charge in [-0.25, -0.2) is 0 Å². The molecular weight excluding hydrogens is 288 g/mol. The van der Waals surface area contributed by atoms with Gasteiger partial charge in [-0.1, -0.05) is 43.2 Å². The molecule has 2 aliphatic rings. The summed E-state index contributed by atoms with van der Waals surface area (Å²) in [5, 5.41) is 3.05. The van der Waals surface area contributed by atoms with E-state index in [1.807, 2.05) is 35.2 Å². The molecule has 4 nitrogen and oxygen atoms in total. The van der Waals surface area contributed by atoms with Crippen LogP contribution in [-0.2, 0) is 16.0 Å².